The highest BCUT2D eigenvalue weighted by molar-refractivity contribution is 8.09. The van der Waals surface area contributed by atoms with Gasteiger partial charge in [-0.1, -0.05) is 6.08 Å². The van der Waals surface area contributed by atoms with Crippen LogP contribution in [-0.4, -0.2) is 21.1 Å². The molecule has 92 valence electrons. The Balaban J connectivity index is 1.78. The van der Waals surface area contributed by atoms with Crippen molar-refractivity contribution in [1.29, 1.82) is 0 Å². The predicted octanol–water partition coefficient (Wildman–Crippen LogP) is 3.02. The molecule has 3 rings (SSSR count). The first kappa shape index (κ1) is 11.5. The van der Waals surface area contributed by atoms with Crippen LogP contribution in [0.2, 0.25) is 0 Å². The molecule has 0 radical (unpaired) electrons. The maximum Gasteiger partial charge on any atom is 0.201 e. The Hall–Kier alpha value is -1.55. The van der Waals surface area contributed by atoms with E-state index in [2.05, 4.69) is 17.1 Å². The van der Waals surface area contributed by atoms with Crippen molar-refractivity contribution in [2.75, 3.05) is 0 Å². The number of nitrogens with zero attached hydrogens (tertiary/aromatic N) is 1. The van der Waals surface area contributed by atoms with Crippen molar-refractivity contribution in [1.82, 2.24) is 4.98 Å². The van der Waals surface area contributed by atoms with Crippen molar-refractivity contribution >= 4 is 22.5 Å². The molecule has 0 spiro atoms. The number of allylic oxidation sites excluding steroid dienone is 2. The molecule has 4 heteroatoms. The van der Waals surface area contributed by atoms with Crippen molar-refractivity contribution < 1.29 is 9.90 Å². The van der Waals surface area contributed by atoms with Crippen molar-refractivity contribution in [3.63, 3.8) is 0 Å². The van der Waals surface area contributed by atoms with E-state index >= 15 is 0 Å². The standard InChI is InChI=1S/C14H13NO2S/c1-8-6-9(4-5-15-8)12-2-3-13(18-12)10-7-11(16)14(10)17/h2,4-6,13,17H,3,7H2,1H3. The van der Waals surface area contributed by atoms with Crippen LogP contribution in [0.25, 0.3) is 4.91 Å². The molecule has 0 bridgehead atoms. The van der Waals surface area contributed by atoms with Gasteiger partial charge in [0.2, 0.25) is 5.78 Å². The molecule has 2 aliphatic rings. The number of carbonyl (C=O) groups is 1. The Labute approximate surface area is 110 Å². The molecule has 0 saturated carbocycles. The third-order valence-corrected chi connectivity index (χ3v) is 4.69. The van der Waals surface area contributed by atoms with E-state index in [1.807, 2.05) is 19.2 Å². The molecule has 1 atom stereocenters. The van der Waals surface area contributed by atoms with E-state index in [0.717, 1.165) is 17.7 Å². The van der Waals surface area contributed by atoms with Gasteiger partial charge in [-0.2, -0.15) is 0 Å². The number of Topliss-reactive ketones (excluding diaryl/α,β-unsaturated/α-hetero) is 1. The van der Waals surface area contributed by atoms with E-state index in [4.69, 9.17) is 0 Å². The van der Waals surface area contributed by atoms with Gasteiger partial charge in [-0.05, 0) is 36.6 Å². The molecule has 1 aromatic heterocycles. The SMILES string of the molecule is Cc1cc(C2=CCC(C3=C(O)C(=O)C3)S2)ccn1. The van der Waals surface area contributed by atoms with Crippen molar-refractivity contribution in [3.8, 4) is 0 Å². The summed E-state index contributed by atoms with van der Waals surface area (Å²) in [6.07, 6.45) is 5.28. The number of pyridine rings is 1. The number of aliphatic hydroxyl groups is 1. The van der Waals surface area contributed by atoms with Crippen LogP contribution in [-0.2, 0) is 4.79 Å². The second kappa shape index (κ2) is 4.28. The molecule has 1 N–H and O–H groups in total. The molecular formula is C14H13NO2S. The third-order valence-electron chi connectivity index (χ3n) is 3.28. The molecule has 3 nitrogen and oxygen atoms in total. The number of aryl methyl sites for hydroxylation is 1. The number of aliphatic hydroxyl groups excluding tert-OH is 1. The lowest BCUT2D eigenvalue weighted by Crippen LogP contribution is -2.23. The summed E-state index contributed by atoms with van der Waals surface area (Å²) in [6, 6.07) is 4.05. The van der Waals surface area contributed by atoms with Crippen LogP contribution in [0, 0.1) is 6.92 Å². The minimum atomic E-state index is -0.126. The van der Waals surface area contributed by atoms with Crippen molar-refractivity contribution in [2.24, 2.45) is 0 Å². The lowest BCUT2D eigenvalue weighted by Gasteiger charge is -2.22. The highest BCUT2D eigenvalue weighted by atomic mass is 32.2. The molecule has 0 saturated heterocycles. The summed E-state index contributed by atoms with van der Waals surface area (Å²) < 4.78 is 0. The van der Waals surface area contributed by atoms with Crippen LogP contribution >= 0.6 is 11.8 Å². The highest BCUT2D eigenvalue weighted by Gasteiger charge is 2.34. The first-order chi connectivity index (χ1) is 8.65. The van der Waals surface area contributed by atoms with Crippen LogP contribution in [0.1, 0.15) is 24.1 Å². The smallest absolute Gasteiger partial charge is 0.201 e. The monoisotopic (exact) mass is 259 g/mol. The van der Waals surface area contributed by atoms with Crippen LogP contribution in [0.3, 0.4) is 0 Å². The number of hydrogen-bond acceptors (Lipinski definition) is 4. The number of thioether (sulfide) groups is 1. The lowest BCUT2D eigenvalue weighted by molar-refractivity contribution is -0.119. The van der Waals surface area contributed by atoms with E-state index in [1.165, 1.54) is 10.5 Å². The fraction of sp³-hybridized carbons (Fsp3) is 0.286. The fourth-order valence-corrected chi connectivity index (χ4v) is 3.53. The van der Waals surface area contributed by atoms with E-state index < -0.39 is 0 Å². The van der Waals surface area contributed by atoms with Gasteiger partial charge in [-0.25, -0.2) is 0 Å². The van der Waals surface area contributed by atoms with Crippen LogP contribution < -0.4 is 0 Å². The zero-order valence-electron chi connectivity index (χ0n) is 10.0. The Morgan fingerprint density at radius 3 is 3.00 bits per heavy atom. The topological polar surface area (TPSA) is 50.2 Å². The van der Waals surface area contributed by atoms with Gasteiger partial charge < -0.3 is 5.11 Å². The second-order valence-corrected chi connectivity index (χ2v) is 5.81. The molecule has 1 aromatic rings. The summed E-state index contributed by atoms with van der Waals surface area (Å²) in [4.78, 5) is 16.4. The maximum atomic E-state index is 11.1. The Bertz CT molecular complexity index is 589. The Kier molecular flexibility index (Phi) is 2.74. The molecule has 1 aliphatic heterocycles. The molecule has 0 amide bonds. The minimum Gasteiger partial charge on any atom is -0.504 e. The second-order valence-electron chi connectivity index (χ2n) is 4.57. The van der Waals surface area contributed by atoms with Gasteiger partial charge in [0.25, 0.3) is 0 Å². The summed E-state index contributed by atoms with van der Waals surface area (Å²) in [5.74, 6) is -0.133. The molecular weight excluding hydrogens is 246 g/mol. The first-order valence-electron chi connectivity index (χ1n) is 5.90. The van der Waals surface area contributed by atoms with Crippen LogP contribution in [0.15, 0.2) is 35.7 Å². The molecule has 0 fully saturated rings. The van der Waals surface area contributed by atoms with E-state index in [-0.39, 0.29) is 16.8 Å². The van der Waals surface area contributed by atoms with Crippen molar-refractivity contribution in [2.45, 2.75) is 25.0 Å². The zero-order chi connectivity index (χ0) is 12.7. The molecule has 0 aromatic carbocycles. The number of carbonyl (C=O) groups excluding carboxylic acids is 1. The Morgan fingerprint density at radius 2 is 2.33 bits per heavy atom. The Morgan fingerprint density at radius 1 is 1.50 bits per heavy atom. The van der Waals surface area contributed by atoms with Crippen LogP contribution in [0.4, 0.5) is 0 Å². The maximum absolute atomic E-state index is 11.1. The average Bonchev–Trinajstić information content (AvgIpc) is 2.84. The molecule has 1 unspecified atom stereocenters. The van der Waals surface area contributed by atoms with E-state index in [9.17, 15) is 9.90 Å². The van der Waals surface area contributed by atoms with Gasteiger partial charge in [0.15, 0.2) is 5.76 Å². The van der Waals surface area contributed by atoms with Gasteiger partial charge in [-0.15, -0.1) is 11.8 Å². The first-order valence-corrected chi connectivity index (χ1v) is 6.78. The quantitative estimate of drug-likeness (QED) is 0.887. The van der Waals surface area contributed by atoms with Gasteiger partial charge in [0, 0.05) is 28.5 Å². The molecule has 18 heavy (non-hydrogen) atoms. The van der Waals surface area contributed by atoms with Crippen LogP contribution in [0.5, 0.6) is 0 Å². The van der Waals surface area contributed by atoms with Crippen molar-refractivity contribution in [3.05, 3.63) is 47.0 Å². The lowest BCUT2D eigenvalue weighted by atomic mass is 9.90. The summed E-state index contributed by atoms with van der Waals surface area (Å²) >= 11 is 1.73. The average molecular weight is 259 g/mol. The van der Waals surface area contributed by atoms with Gasteiger partial charge in [0.1, 0.15) is 0 Å². The summed E-state index contributed by atoms with van der Waals surface area (Å²) in [6.45, 7) is 1.97. The third kappa shape index (κ3) is 1.86. The fourth-order valence-electron chi connectivity index (χ4n) is 2.24. The predicted molar refractivity (Wildman–Crippen MR) is 72.2 cm³/mol. The van der Waals surface area contributed by atoms with E-state index in [1.54, 1.807) is 11.8 Å². The number of aromatic nitrogens is 1. The summed E-state index contributed by atoms with van der Waals surface area (Å²) in [5, 5.41) is 9.75. The minimum absolute atomic E-state index is 0.00643. The normalized spacial score (nSPS) is 23.1. The highest BCUT2D eigenvalue weighted by Crippen LogP contribution is 2.45. The zero-order valence-corrected chi connectivity index (χ0v) is 10.8. The number of rotatable bonds is 2. The van der Waals surface area contributed by atoms with Gasteiger partial charge in [-0.3, -0.25) is 9.78 Å². The van der Waals surface area contributed by atoms with Gasteiger partial charge in [0.05, 0.1) is 0 Å². The van der Waals surface area contributed by atoms with E-state index in [0.29, 0.717) is 6.42 Å². The summed E-state index contributed by atoms with van der Waals surface area (Å²) in [7, 11) is 0. The summed E-state index contributed by atoms with van der Waals surface area (Å²) in [5.41, 5.74) is 3.07. The largest absolute Gasteiger partial charge is 0.504 e. The molecule has 2 heterocycles. The number of hydrogen-bond donors (Lipinski definition) is 1. The number of ketones is 1. The van der Waals surface area contributed by atoms with Gasteiger partial charge >= 0.3 is 0 Å². The molecule has 1 aliphatic carbocycles.